The van der Waals surface area contributed by atoms with Gasteiger partial charge in [-0.1, -0.05) is 61.4 Å². The molecule has 3 aliphatic heterocycles. The smallest absolute Gasteiger partial charge is 0.244 e. The van der Waals surface area contributed by atoms with Crippen molar-refractivity contribution in [3.05, 3.63) is 66.2 Å². The van der Waals surface area contributed by atoms with E-state index in [-0.39, 0.29) is 24.3 Å². The third-order valence-electron chi connectivity index (χ3n) is 8.47. The third-order valence-corrected chi connectivity index (χ3v) is 10.5. The zero-order chi connectivity index (χ0) is 26.8. The van der Waals surface area contributed by atoms with Crippen molar-refractivity contribution in [3.63, 3.8) is 0 Å². The Morgan fingerprint density at radius 3 is 2.37 bits per heavy atom. The van der Waals surface area contributed by atoms with E-state index in [0.29, 0.717) is 18.8 Å². The van der Waals surface area contributed by atoms with Gasteiger partial charge in [-0.15, -0.1) is 11.8 Å². The molecule has 2 aromatic rings. The maximum atomic E-state index is 14.1. The molecule has 0 radical (unpaired) electrons. The Labute approximate surface area is 228 Å². The lowest BCUT2D eigenvalue weighted by molar-refractivity contribution is -0.139. The number of carbonyl (C=O) groups excluding carboxylic acids is 3. The zero-order valence-electron chi connectivity index (χ0n) is 21.9. The first-order chi connectivity index (χ1) is 18.4. The standard InChI is InChI=1S/C30H37N3O4S/c1-29-16-17-30(38-29)24(23(29)26(35)32-22-14-8-5-9-15-22)28(37)33(18-10-2-3-11-19-34)25(30)27(36)31-20-21-12-6-4-7-13-21/h4-9,12-15,23-25,34H,2-3,10-11,16-20H2,1H3,(H,31,36)(H,32,35)/t23-,24-,25?,29+,30?/m0/s1. The van der Waals surface area contributed by atoms with Crippen LogP contribution in [0.25, 0.3) is 0 Å². The molecule has 3 fully saturated rings. The lowest BCUT2D eigenvalue weighted by atomic mass is 9.66. The van der Waals surface area contributed by atoms with Gasteiger partial charge in [0.2, 0.25) is 17.7 Å². The number of nitrogens with zero attached hydrogens (tertiary/aromatic N) is 1. The number of fused-ring (bicyclic) bond motifs is 1. The van der Waals surface area contributed by atoms with Crippen molar-refractivity contribution in [2.75, 3.05) is 18.5 Å². The van der Waals surface area contributed by atoms with Gasteiger partial charge in [0.1, 0.15) is 6.04 Å². The fraction of sp³-hybridized carbons (Fsp3) is 0.500. The van der Waals surface area contributed by atoms with E-state index in [2.05, 4.69) is 17.6 Å². The number of para-hydroxylation sites is 1. The van der Waals surface area contributed by atoms with E-state index in [0.717, 1.165) is 44.1 Å². The predicted octanol–water partition coefficient (Wildman–Crippen LogP) is 3.98. The lowest BCUT2D eigenvalue weighted by Crippen LogP contribution is -2.53. The zero-order valence-corrected chi connectivity index (χ0v) is 22.7. The quantitative estimate of drug-likeness (QED) is 0.378. The van der Waals surface area contributed by atoms with E-state index >= 15 is 0 Å². The number of likely N-dealkylation sites (tertiary alicyclic amines) is 1. The third kappa shape index (κ3) is 4.84. The molecule has 3 aliphatic rings. The lowest BCUT2D eigenvalue weighted by Gasteiger charge is -2.34. The normalized spacial score (nSPS) is 29.4. The van der Waals surface area contributed by atoms with Crippen LogP contribution in [0, 0.1) is 11.8 Å². The van der Waals surface area contributed by atoms with Crippen molar-refractivity contribution in [2.24, 2.45) is 11.8 Å². The highest BCUT2D eigenvalue weighted by atomic mass is 32.2. The molecule has 2 bridgehead atoms. The number of benzene rings is 2. The molecule has 3 heterocycles. The number of amides is 3. The minimum absolute atomic E-state index is 0.0730. The molecule has 5 rings (SSSR count). The van der Waals surface area contributed by atoms with Crippen LogP contribution in [0.3, 0.4) is 0 Å². The van der Waals surface area contributed by atoms with E-state index in [4.69, 9.17) is 5.11 Å². The summed E-state index contributed by atoms with van der Waals surface area (Å²) in [7, 11) is 0. The van der Waals surface area contributed by atoms with Crippen molar-refractivity contribution in [3.8, 4) is 0 Å². The summed E-state index contributed by atoms with van der Waals surface area (Å²) < 4.78 is -1.01. The van der Waals surface area contributed by atoms with Gasteiger partial charge in [0, 0.05) is 30.1 Å². The second-order valence-electron chi connectivity index (χ2n) is 11.0. The van der Waals surface area contributed by atoms with Crippen LogP contribution in [0.15, 0.2) is 60.7 Å². The summed E-state index contributed by atoms with van der Waals surface area (Å²) in [5, 5.41) is 15.3. The first kappa shape index (κ1) is 26.8. The Hall–Kier alpha value is -2.84. The van der Waals surface area contributed by atoms with Crippen molar-refractivity contribution >= 4 is 35.2 Å². The average molecular weight is 536 g/mol. The molecule has 7 nitrogen and oxygen atoms in total. The van der Waals surface area contributed by atoms with Crippen LogP contribution in [-0.2, 0) is 20.9 Å². The molecule has 3 saturated heterocycles. The van der Waals surface area contributed by atoms with Gasteiger partial charge in [-0.05, 0) is 50.3 Å². The molecule has 2 unspecified atom stereocenters. The Balaban J connectivity index is 1.41. The Morgan fingerprint density at radius 2 is 1.66 bits per heavy atom. The van der Waals surface area contributed by atoms with Crippen LogP contribution in [0.2, 0.25) is 0 Å². The van der Waals surface area contributed by atoms with Gasteiger partial charge < -0.3 is 20.6 Å². The molecule has 8 heteroatoms. The molecule has 0 aliphatic carbocycles. The highest BCUT2D eigenvalue weighted by Crippen LogP contribution is 2.71. The monoisotopic (exact) mass is 535 g/mol. The molecule has 1 spiro atoms. The molecule has 202 valence electrons. The summed E-state index contributed by atoms with van der Waals surface area (Å²) in [6, 6.07) is 18.5. The molecular formula is C30H37N3O4S. The van der Waals surface area contributed by atoms with Gasteiger partial charge in [0.05, 0.1) is 16.6 Å². The number of thioether (sulfide) groups is 1. The molecule has 3 N–H and O–H groups in total. The molecular weight excluding hydrogens is 498 g/mol. The highest BCUT2D eigenvalue weighted by Gasteiger charge is 2.76. The van der Waals surface area contributed by atoms with E-state index in [1.54, 1.807) is 16.7 Å². The molecule has 0 aromatic heterocycles. The van der Waals surface area contributed by atoms with Crippen molar-refractivity contribution in [1.29, 1.82) is 0 Å². The van der Waals surface area contributed by atoms with Crippen LogP contribution in [0.5, 0.6) is 0 Å². The number of hydrogen-bond donors (Lipinski definition) is 3. The number of hydrogen-bond acceptors (Lipinski definition) is 5. The minimum atomic E-state index is -0.615. The average Bonchev–Trinajstić information content (AvgIpc) is 3.49. The Kier molecular flexibility index (Phi) is 7.82. The SMILES string of the molecule is C[C@]12CCC3(S1)C(C(=O)NCc1ccccc1)N(CCCCCCO)C(=O)[C@@H]3[C@H]2C(=O)Nc1ccccc1. The Morgan fingerprint density at radius 1 is 0.974 bits per heavy atom. The topological polar surface area (TPSA) is 98.7 Å². The van der Waals surface area contributed by atoms with Crippen molar-refractivity contribution < 1.29 is 19.5 Å². The van der Waals surface area contributed by atoms with Crippen LogP contribution in [0.4, 0.5) is 5.69 Å². The Bertz CT molecular complexity index is 1160. The van der Waals surface area contributed by atoms with E-state index in [1.165, 1.54) is 0 Å². The van der Waals surface area contributed by atoms with E-state index in [9.17, 15) is 14.4 Å². The fourth-order valence-electron chi connectivity index (χ4n) is 6.74. The predicted molar refractivity (Wildman–Crippen MR) is 149 cm³/mol. The summed E-state index contributed by atoms with van der Waals surface area (Å²) in [4.78, 5) is 43.4. The van der Waals surface area contributed by atoms with Crippen LogP contribution in [-0.4, -0.2) is 56.4 Å². The molecule has 5 atom stereocenters. The van der Waals surface area contributed by atoms with Gasteiger partial charge >= 0.3 is 0 Å². The second kappa shape index (κ2) is 11.1. The molecule has 2 aromatic carbocycles. The molecule has 3 amide bonds. The first-order valence-corrected chi connectivity index (χ1v) is 14.5. The second-order valence-corrected chi connectivity index (χ2v) is 12.9. The summed E-state index contributed by atoms with van der Waals surface area (Å²) in [6.45, 7) is 3.13. The number of carbonyl (C=O) groups is 3. The van der Waals surface area contributed by atoms with Gasteiger partial charge in [0.25, 0.3) is 0 Å². The van der Waals surface area contributed by atoms with Crippen LogP contribution < -0.4 is 10.6 Å². The largest absolute Gasteiger partial charge is 0.396 e. The maximum Gasteiger partial charge on any atom is 0.244 e. The summed E-state index contributed by atoms with van der Waals surface area (Å²) in [6.07, 6.45) is 4.79. The van der Waals surface area contributed by atoms with Gasteiger partial charge in [-0.3, -0.25) is 14.4 Å². The van der Waals surface area contributed by atoms with Crippen molar-refractivity contribution in [2.45, 2.75) is 67.5 Å². The number of unbranched alkanes of at least 4 members (excludes halogenated alkanes) is 3. The van der Waals surface area contributed by atoms with E-state index < -0.39 is 27.4 Å². The van der Waals surface area contributed by atoms with Crippen LogP contribution in [0.1, 0.15) is 51.0 Å². The maximum absolute atomic E-state index is 14.1. The number of rotatable bonds is 11. The first-order valence-electron chi connectivity index (χ1n) is 13.7. The van der Waals surface area contributed by atoms with E-state index in [1.807, 2.05) is 60.7 Å². The molecule has 0 saturated carbocycles. The van der Waals surface area contributed by atoms with Gasteiger partial charge in [-0.25, -0.2) is 0 Å². The summed E-state index contributed by atoms with van der Waals surface area (Å²) in [5.74, 6) is -1.38. The molecule has 38 heavy (non-hydrogen) atoms. The van der Waals surface area contributed by atoms with Gasteiger partial charge in [-0.2, -0.15) is 0 Å². The number of anilines is 1. The van der Waals surface area contributed by atoms with Gasteiger partial charge in [0.15, 0.2) is 0 Å². The van der Waals surface area contributed by atoms with Crippen molar-refractivity contribution in [1.82, 2.24) is 10.2 Å². The number of aliphatic hydroxyl groups is 1. The number of aliphatic hydroxyl groups excluding tert-OH is 1. The summed E-state index contributed by atoms with van der Waals surface area (Å²) in [5.41, 5.74) is 1.72. The minimum Gasteiger partial charge on any atom is -0.396 e. The number of nitrogens with one attached hydrogen (secondary N) is 2. The highest BCUT2D eigenvalue weighted by molar-refractivity contribution is 8.02. The van der Waals surface area contributed by atoms with Crippen LogP contribution >= 0.6 is 11.8 Å². The fourth-order valence-corrected chi connectivity index (χ4v) is 9.09. The summed E-state index contributed by atoms with van der Waals surface area (Å²) >= 11 is 1.69.